The van der Waals surface area contributed by atoms with Gasteiger partial charge in [0.25, 0.3) is 0 Å². The minimum absolute atomic E-state index is 0.115. The number of carbonyl (C=O) groups is 2. The van der Waals surface area contributed by atoms with Crippen LogP contribution < -0.4 is 4.65 Å². The molecule has 3 rings (SSSR count). The monoisotopic (exact) mass is 318 g/mol. The van der Waals surface area contributed by atoms with Crippen molar-refractivity contribution in [1.29, 1.82) is 0 Å². The molecule has 1 aromatic carbocycles. The Labute approximate surface area is 134 Å². The minimum atomic E-state index is -0.886. The first-order chi connectivity index (χ1) is 11.0. The number of hydrogen-bond acceptors (Lipinski definition) is 6. The van der Waals surface area contributed by atoms with Crippen molar-refractivity contribution in [3.63, 3.8) is 0 Å². The highest BCUT2D eigenvalue weighted by molar-refractivity contribution is 6.48. The molecule has 7 heteroatoms. The third-order valence-corrected chi connectivity index (χ3v) is 4.31. The van der Waals surface area contributed by atoms with Crippen molar-refractivity contribution < 1.29 is 28.7 Å². The Balaban J connectivity index is 1.73. The summed E-state index contributed by atoms with van der Waals surface area (Å²) in [5, 5.41) is 9.93. The molecule has 23 heavy (non-hydrogen) atoms. The lowest BCUT2D eigenvalue weighted by atomic mass is 9.77. The summed E-state index contributed by atoms with van der Waals surface area (Å²) in [7, 11) is -0.886. The first-order valence-corrected chi connectivity index (χ1v) is 7.84. The maximum atomic E-state index is 12.3. The molecule has 1 heterocycles. The Morgan fingerprint density at radius 2 is 2.17 bits per heavy atom. The molecular weight excluding hydrogens is 299 g/mol. The van der Waals surface area contributed by atoms with E-state index in [1.165, 1.54) is 0 Å². The van der Waals surface area contributed by atoms with Gasteiger partial charge < -0.3 is 19.2 Å². The topological polar surface area (TPSA) is 82.1 Å². The molecule has 1 fully saturated rings. The molecule has 2 atom stereocenters. The lowest BCUT2D eigenvalue weighted by Gasteiger charge is -2.22. The Morgan fingerprint density at radius 3 is 2.91 bits per heavy atom. The van der Waals surface area contributed by atoms with E-state index in [0.717, 1.165) is 12.0 Å². The summed E-state index contributed by atoms with van der Waals surface area (Å²) in [4.78, 5) is 23.6. The molecule has 0 saturated heterocycles. The molecule has 0 bridgehead atoms. The first kappa shape index (κ1) is 15.9. The molecule has 0 radical (unpaired) electrons. The van der Waals surface area contributed by atoms with Crippen LogP contribution in [0.1, 0.15) is 53.6 Å². The van der Waals surface area contributed by atoms with E-state index in [4.69, 9.17) is 14.1 Å². The van der Waals surface area contributed by atoms with E-state index >= 15 is 0 Å². The first-order valence-electron chi connectivity index (χ1n) is 7.84. The van der Waals surface area contributed by atoms with E-state index in [0.29, 0.717) is 23.3 Å². The molecule has 0 unspecified atom stereocenters. The number of hydrogen-bond donors (Lipinski definition) is 1. The molecule has 1 N–H and O–H groups in total. The van der Waals surface area contributed by atoms with Crippen molar-refractivity contribution in [1.82, 2.24) is 0 Å². The normalized spacial score (nSPS) is 20.9. The minimum Gasteiger partial charge on any atom is -0.535 e. The van der Waals surface area contributed by atoms with E-state index in [2.05, 4.69) is 0 Å². The van der Waals surface area contributed by atoms with Gasteiger partial charge in [0.15, 0.2) is 0 Å². The highest BCUT2D eigenvalue weighted by Crippen LogP contribution is 2.60. The zero-order valence-electron chi connectivity index (χ0n) is 13.2. The Morgan fingerprint density at radius 1 is 1.39 bits per heavy atom. The van der Waals surface area contributed by atoms with E-state index in [1.54, 1.807) is 6.92 Å². The van der Waals surface area contributed by atoms with Crippen LogP contribution in [-0.2, 0) is 14.3 Å². The zero-order valence-corrected chi connectivity index (χ0v) is 13.2. The fourth-order valence-corrected chi connectivity index (χ4v) is 2.96. The second kappa shape index (κ2) is 6.24. The smallest absolute Gasteiger partial charge is 0.526 e. The molecule has 1 saturated carbocycles. The summed E-state index contributed by atoms with van der Waals surface area (Å²) < 4.78 is 15.4. The molecule has 122 valence electrons. The molecule has 0 aromatic heterocycles. The number of esters is 2. The predicted octanol–water partition coefficient (Wildman–Crippen LogP) is 2.18. The van der Waals surface area contributed by atoms with Crippen molar-refractivity contribution in [2.75, 3.05) is 6.79 Å². The van der Waals surface area contributed by atoms with Gasteiger partial charge in [-0.2, -0.15) is 0 Å². The van der Waals surface area contributed by atoms with Crippen LogP contribution in [0.4, 0.5) is 0 Å². The molecule has 1 aromatic rings. The van der Waals surface area contributed by atoms with E-state index in [-0.39, 0.29) is 18.2 Å². The number of aryl methyl sites for hydroxylation is 1. The number of benzene rings is 1. The largest absolute Gasteiger partial charge is 0.535 e. The molecule has 1 aliphatic carbocycles. The Bertz CT molecular complexity index is 644. The van der Waals surface area contributed by atoms with Crippen LogP contribution in [0.25, 0.3) is 0 Å². The fraction of sp³-hybridized carbons (Fsp3) is 0.500. The zero-order chi connectivity index (χ0) is 16.6. The third-order valence-electron chi connectivity index (χ3n) is 4.31. The number of rotatable bonds is 5. The van der Waals surface area contributed by atoms with Crippen molar-refractivity contribution in [3.05, 3.63) is 28.8 Å². The molecule has 6 nitrogen and oxygen atoms in total. The van der Waals surface area contributed by atoms with Gasteiger partial charge in [-0.05, 0) is 36.8 Å². The average Bonchev–Trinajstić information content (AvgIpc) is 3.28. The number of fused-ring (bicyclic) bond motifs is 3. The van der Waals surface area contributed by atoms with Crippen LogP contribution >= 0.6 is 0 Å². The van der Waals surface area contributed by atoms with Crippen molar-refractivity contribution >= 4 is 19.1 Å². The molecule has 1 aliphatic heterocycles. The highest BCUT2D eigenvalue weighted by atomic mass is 16.7. The summed E-state index contributed by atoms with van der Waals surface area (Å²) in [5.74, 6) is -0.275. The Hall–Kier alpha value is -2.02. The van der Waals surface area contributed by atoms with Gasteiger partial charge in [-0.15, -0.1) is 0 Å². The fourth-order valence-electron chi connectivity index (χ4n) is 2.96. The van der Waals surface area contributed by atoms with Gasteiger partial charge in [0.2, 0.25) is 6.79 Å². The molecule has 0 amide bonds. The van der Waals surface area contributed by atoms with Crippen LogP contribution in [0.5, 0.6) is 5.75 Å². The number of ether oxygens (including phenoxy) is 2. The maximum absolute atomic E-state index is 12.3. The van der Waals surface area contributed by atoms with Gasteiger partial charge in [0.05, 0.1) is 0 Å². The third kappa shape index (κ3) is 3.06. The van der Waals surface area contributed by atoms with Gasteiger partial charge in [-0.3, -0.25) is 4.79 Å². The lowest BCUT2D eigenvalue weighted by molar-refractivity contribution is -0.152. The van der Waals surface area contributed by atoms with E-state index in [9.17, 15) is 14.6 Å². The van der Waals surface area contributed by atoms with Gasteiger partial charge in [-0.1, -0.05) is 19.1 Å². The van der Waals surface area contributed by atoms with Gasteiger partial charge >= 0.3 is 19.1 Å². The average molecular weight is 318 g/mol. The quantitative estimate of drug-likeness (QED) is 0.509. The standard InChI is InChI=1S/C16H19BO6/c1-3-4-13(18)21-8-22-16(19)14-9(2)5-6-10-11-7-12(11)17(20)23-15(10)14/h5-6,11-12,20H,3-4,7-8H2,1-2H3/t11-,12-/m1/s1. The lowest BCUT2D eigenvalue weighted by Crippen LogP contribution is -2.28. The molecule has 0 spiro atoms. The van der Waals surface area contributed by atoms with Crippen molar-refractivity contribution in [2.24, 2.45) is 0 Å². The van der Waals surface area contributed by atoms with Crippen molar-refractivity contribution in [2.45, 2.75) is 44.8 Å². The Kier molecular flexibility index (Phi) is 4.30. The summed E-state index contributed by atoms with van der Waals surface area (Å²) in [5.41, 5.74) is 1.92. The van der Waals surface area contributed by atoms with Gasteiger partial charge in [0.1, 0.15) is 11.3 Å². The number of carbonyl (C=O) groups excluding carboxylic acids is 2. The van der Waals surface area contributed by atoms with E-state index in [1.807, 2.05) is 19.1 Å². The van der Waals surface area contributed by atoms with Gasteiger partial charge in [-0.25, -0.2) is 4.79 Å². The maximum Gasteiger partial charge on any atom is 0.526 e. The van der Waals surface area contributed by atoms with Crippen LogP contribution in [0, 0.1) is 6.92 Å². The van der Waals surface area contributed by atoms with Crippen LogP contribution in [0.15, 0.2) is 12.1 Å². The van der Waals surface area contributed by atoms with Crippen LogP contribution in [0.3, 0.4) is 0 Å². The van der Waals surface area contributed by atoms with E-state index < -0.39 is 25.8 Å². The van der Waals surface area contributed by atoms with Crippen molar-refractivity contribution in [3.8, 4) is 5.75 Å². The summed E-state index contributed by atoms with van der Waals surface area (Å²) >= 11 is 0. The molecular formula is C16H19BO6. The summed E-state index contributed by atoms with van der Waals surface area (Å²) in [6, 6.07) is 3.77. The summed E-state index contributed by atoms with van der Waals surface area (Å²) in [6.45, 7) is 3.21. The second-order valence-corrected chi connectivity index (χ2v) is 6.01. The second-order valence-electron chi connectivity index (χ2n) is 6.01. The van der Waals surface area contributed by atoms with Crippen LogP contribution in [-0.4, -0.2) is 30.9 Å². The predicted molar refractivity (Wildman–Crippen MR) is 82.2 cm³/mol. The van der Waals surface area contributed by atoms with Crippen LogP contribution in [0.2, 0.25) is 5.82 Å². The van der Waals surface area contributed by atoms with Gasteiger partial charge in [0, 0.05) is 12.2 Å². The highest BCUT2D eigenvalue weighted by Gasteiger charge is 2.54. The summed E-state index contributed by atoms with van der Waals surface area (Å²) in [6.07, 6.45) is 1.82. The molecule has 2 aliphatic rings. The SMILES string of the molecule is CCCC(=O)OCOC(=O)c1c(C)ccc2c1OB(O)[C@@H]1C[C@H]21.